The molecule has 2 aromatic carbocycles. The van der Waals surface area contributed by atoms with Crippen LogP contribution in [0.5, 0.6) is 0 Å². The second-order valence-electron chi connectivity index (χ2n) is 9.07. The molecule has 3 aromatic rings. The summed E-state index contributed by atoms with van der Waals surface area (Å²) in [6.07, 6.45) is 4.24. The molecule has 1 aliphatic rings. The van der Waals surface area contributed by atoms with Crippen LogP contribution in [0.1, 0.15) is 42.5 Å². The van der Waals surface area contributed by atoms with Crippen LogP contribution in [0, 0.1) is 18.7 Å². The maximum absolute atomic E-state index is 14.0. The van der Waals surface area contributed by atoms with E-state index in [1.165, 1.54) is 10.4 Å². The number of benzene rings is 2. The number of halogens is 3. The first-order chi connectivity index (χ1) is 17.6. The largest absolute Gasteiger partial charge is 0.332 e. The normalized spacial score (nSPS) is 15.9. The van der Waals surface area contributed by atoms with E-state index in [4.69, 9.17) is 0 Å². The molecule has 10 heteroatoms. The molecule has 1 unspecified atom stereocenters. The molecule has 196 valence electrons. The molecule has 2 heterocycles. The highest BCUT2D eigenvalue weighted by Gasteiger charge is 2.36. The Kier molecular flexibility index (Phi) is 8.83. The van der Waals surface area contributed by atoms with Gasteiger partial charge in [-0.2, -0.15) is 4.31 Å². The zero-order valence-corrected chi connectivity index (χ0v) is 24.6. The van der Waals surface area contributed by atoms with Crippen LogP contribution in [-0.4, -0.2) is 48.1 Å². The summed E-state index contributed by atoms with van der Waals surface area (Å²) in [6.45, 7) is 4.57. The van der Waals surface area contributed by atoms with Crippen LogP contribution in [0.25, 0.3) is 0 Å². The summed E-state index contributed by atoms with van der Waals surface area (Å²) >= 11 is 6.70. The van der Waals surface area contributed by atoms with Gasteiger partial charge in [-0.3, -0.25) is 9.78 Å². The van der Waals surface area contributed by atoms with Gasteiger partial charge in [0.2, 0.25) is 15.9 Å². The SMILES string of the molecule is CCN(C(=O)C1CCN(S(=O)(=O)c2cc(Br)ccc2Br)CC1)C(c1cccnc1)c1ccc(F)c(C)c1. The Morgan fingerprint density at radius 2 is 1.86 bits per heavy atom. The van der Waals surface area contributed by atoms with E-state index in [1.807, 2.05) is 19.1 Å². The molecule has 1 fully saturated rings. The van der Waals surface area contributed by atoms with Crippen molar-refractivity contribution in [1.29, 1.82) is 0 Å². The summed E-state index contributed by atoms with van der Waals surface area (Å²) in [4.78, 5) is 20.1. The summed E-state index contributed by atoms with van der Waals surface area (Å²) in [5, 5.41) is 0. The van der Waals surface area contributed by atoms with Gasteiger partial charge in [0.25, 0.3) is 0 Å². The Balaban J connectivity index is 1.57. The molecule has 1 amide bonds. The van der Waals surface area contributed by atoms with Gasteiger partial charge in [-0.25, -0.2) is 12.8 Å². The van der Waals surface area contributed by atoms with Gasteiger partial charge in [-0.15, -0.1) is 0 Å². The first kappa shape index (κ1) is 27.9. The van der Waals surface area contributed by atoms with E-state index < -0.39 is 16.1 Å². The standard InChI is InChI=1S/C27H28Br2FN3O3S/c1-3-33(26(21-5-4-12-31-17-21)20-6-9-24(30)18(2)15-20)27(34)19-10-13-32(14-11-19)37(35,36)25-16-22(28)7-8-23(25)29/h4-9,12,15-17,19,26H,3,10-11,13-14H2,1-2H3. The van der Waals surface area contributed by atoms with Crippen molar-refractivity contribution in [3.8, 4) is 0 Å². The van der Waals surface area contributed by atoms with E-state index in [2.05, 4.69) is 36.8 Å². The number of sulfonamides is 1. The number of carbonyl (C=O) groups excluding carboxylic acids is 1. The van der Waals surface area contributed by atoms with Crippen molar-refractivity contribution in [2.24, 2.45) is 5.92 Å². The van der Waals surface area contributed by atoms with Crippen molar-refractivity contribution in [3.63, 3.8) is 0 Å². The molecular formula is C27H28Br2FN3O3S. The average molecular weight is 653 g/mol. The van der Waals surface area contributed by atoms with Gasteiger partial charge in [-0.05, 0) is 89.6 Å². The van der Waals surface area contributed by atoms with Crippen LogP contribution in [0.4, 0.5) is 4.39 Å². The van der Waals surface area contributed by atoms with Gasteiger partial charge in [0, 0.05) is 46.9 Å². The zero-order chi connectivity index (χ0) is 26.7. The summed E-state index contributed by atoms with van der Waals surface area (Å²) in [5.74, 6) is -0.661. The summed E-state index contributed by atoms with van der Waals surface area (Å²) in [7, 11) is -3.71. The number of carbonyl (C=O) groups is 1. The summed E-state index contributed by atoms with van der Waals surface area (Å²) in [6, 6.07) is 13.3. The molecule has 1 saturated heterocycles. The number of pyridine rings is 1. The summed E-state index contributed by atoms with van der Waals surface area (Å²) < 4.78 is 43.3. The van der Waals surface area contributed by atoms with Crippen molar-refractivity contribution in [1.82, 2.24) is 14.2 Å². The first-order valence-corrected chi connectivity index (χ1v) is 15.1. The number of aryl methyl sites for hydroxylation is 1. The number of hydrogen-bond donors (Lipinski definition) is 0. The van der Waals surface area contributed by atoms with Gasteiger partial charge in [0.15, 0.2) is 0 Å². The molecule has 37 heavy (non-hydrogen) atoms. The summed E-state index contributed by atoms with van der Waals surface area (Å²) in [5.41, 5.74) is 2.15. The maximum atomic E-state index is 14.0. The number of rotatable bonds is 7. The minimum Gasteiger partial charge on any atom is -0.332 e. The van der Waals surface area contributed by atoms with E-state index in [0.717, 1.165) is 11.1 Å². The van der Waals surface area contributed by atoms with E-state index >= 15 is 0 Å². The van der Waals surface area contributed by atoms with Gasteiger partial charge < -0.3 is 4.90 Å². The zero-order valence-electron chi connectivity index (χ0n) is 20.6. The van der Waals surface area contributed by atoms with Gasteiger partial charge >= 0.3 is 0 Å². The Morgan fingerprint density at radius 1 is 1.14 bits per heavy atom. The fourth-order valence-corrected chi connectivity index (χ4v) is 7.72. The molecule has 0 radical (unpaired) electrons. The van der Waals surface area contributed by atoms with Gasteiger partial charge in [0.05, 0.1) is 10.9 Å². The molecule has 0 spiro atoms. The molecule has 0 aliphatic carbocycles. The Bertz CT molecular complexity index is 1380. The minimum atomic E-state index is -3.71. The number of hydrogen-bond acceptors (Lipinski definition) is 4. The highest BCUT2D eigenvalue weighted by Crippen LogP contribution is 2.34. The van der Waals surface area contributed by atoms with Crippen LogP contribution in [-0.2, 0) is 14.8 Å². The first-order valence-electron chi connectivity index (χ1n) is 12.0. The molecule has 0 N–H and O–H groups in total. The third-order valence-electron chi connectivity index (χ3n) is 6.75. The molecule has 4 rings (SSSR count). The predicted molar refractivity (Wildman–Crippen MR) is 148 cm³/mol. The molecule has 1 aromatic heterocycles. The molecule has 1 atom stereocenters. The van der Waals surface area contributed by atoms with Crippen molar-refractivity contribution < 1.29 is 17.6 Å². The van der Waals surface area contributed by atoms with Gasteiger partial charge in [0.1, 0.15) is 5.82 Å². The fraction of sp³-hybridized carbons (Fsp3) is 0.333. The van der Waals surface area contributed by atoms with Crippen LogP contribution in [0.2, 0.25) is 0 Å². The van der Waals surface area contributed by atoms with Crippen molar-refractivity contribution >= 4 is 47.8 Å². The number of piperidine rings is 1. The van der Waals surface area contributed by atoms with Crippen LogP contribution in [0.3, 0.4) is 0 Å². The predicted octanol–water partition coefficient (Wildman–Crippen LogP) is 6.09. The molecule has 0 saturated carbocycles. The van der Waals surface area contributed by atoms with E-state index in [9.17, 15) is 17.6 Å². The van der Waals surface area contributed by atoms with E-state index in [-0.39, 0.29) is 35.6 Å². The third kappa shape index (κ3) is 5.97. The lowest BCUT2D eigenvalue weighted by molar-refractivity contribution is -0.138. The highest BCUT2D eigenvalue weighted by atomic mass is 79.9. The number of nitrogens with zero attached hydrogens (tertiary/aromatic N) is 3. The van der Waals surface area contributed by atoms with Crippen LogP contribution < -0.4 is 0 Å². The lowest BCUT2D eigenvalue weighted by atomic mass is 9.92. The lowest BCUT2D eigenvalue weighted by Gasteiger charge is -2.37. The topological polar surface area (TPSA) is 70.6 Å². The quantitative estimate of drug-likeness (QED) is 0.310. The van der Waals surface area contributed by atoms with Crippen molar-refractivity contribution in [2.75, 3.05) is 19.6 Å². The van der Waals surface area contributed by atoms with E-state index in [0.29, 0.717) is 33.9 Å². The minimum absolute atomic E-state index is 0.0426. The van der Waals surface area contributed by atoms with Crippen LogP contribution in [0.15, 0.2) is 74.8 Å². The van der Waals surface area contributed by atoms with Gasteiger partial charge in [-0.1, -0.05) is 34.1 Å². The molecule has 0 bridgehead atoms. The molecule has 1 aliphatic heterocycles. The second-order valence-corrected chi connectivity index (χ2v) is 12.8. The Labute approximate surface area is 234 Å². The molecule has 6 nitrogen and oxygen atoms in total. The van der Waals surface area contributed by atoms with Crippen LogP contribution >= 0.6 is 31.9 Å². The smallest absolute Gasteiger partial charge is 0.244 e. The van der Waals surface area contributed by atoms with Crippen molar-refractivity contribution in [3.05, 3.63) is 92.4 Å². The maximum Gasteiger partial charge on any atom is 0.244 e. The average Bonchev–Trinajstić information content (AvgIpc) is 2.90. The third-order valence-corrected chi connectivity index (χ3v) is 10.1. The second kappa shape index (κ2) is 11.7. The molecular weight excluding hydrogens is 625 g/mol. The lowest BCUT2D eigenvalue weighted by Crippen LogP contribution is -2.45. The number of aromatic nitrogens is 1. The monoisotopic (exact) mass is 651 g/mol. The highest BCUT2D eigenvalue weighted by molar-refractivity contribution is 9.11. The Hall–Kier alpha value is -2.14. The van der Waals surface area contributed by atoms with E-state index in [1.54, 1.807) is 54.5 Å². The number of amides is 1. The van der Waals surface area contributed by atoms with Crippen molar-refractivity contribution in [2.45, 2.75) is 37.6 Å². The fourth-order valence-electron chi connectivity index (χ4n) is 4.79. The Morgan fingerprint density at radius 3 is 2.49 bits per heavy atom.